The maximum absolute atomic E-state index is 13.2. The van der Waals surface area contributed by atoms with Crippen LogP contribution in [0.15, 0.2) is 48.5 Å². The van der Waals surface area contributed by atoms with Gasteiger partial charge >= 0.3 is 6.18 Å². The zero-order chi connectivity index (χ0) is 28.3. The smallest absolute Gasteiger partial charge is 0.368 e. The van der Waals surface area contributed by atoms with E-state index in [4.69, 9.17) is 0 Å². The average molecular weight is 576 g/mol. The molecule has 7 rings (SSSR count). The molecule has 1 heterocycles. The second-order valence-corrected chi connectivity index (χ2v) is 14.3. The monoisotopic (exact) mass is 575 g/mol. The molecule has 4 aliphatic carbocycles. The molecule has 10 heteroatoms. The van der Waals surface area contributed by atoms with E-state index in [-0.39, 0.29) is 17.9 Å². The normalized spacial score (nSPS) is 28.1. The number of carbonyl (C=O) groups excluding carboxylic acids is 1. The number of halogens is 3. The number of hydrogen-bond acceptors (Lipinski definition) is 4. The highest BCUT2D eigenvalue weighted by Crippen LogP contribution is 2.60. The Kier molecular flexibility index (Phi) is 6.83. The Bertz CT molecular complexity index is 1330. The molecule has 216 valence electrons. The lowest BCUT2D eigenvalue weighted by Crippen LogP contribution is -2.52. The van der Waals surface area contributed by atoms with E-state index in [1.807, 2.05) is 17.0 Å². The van der Waals surface area contributed by atoms with Gasteiger partial charge in [-0.2, -0.15) is 13.2 Å². The highest BCUT2D eigenvalue weighted by Gasteiger charge is 2.51. The van der Waals surface area contributed by atoms with Gasteiger partial charge < -0.3 is 9.80 Å². The number of hydrogen-bond donors (Lipinski definition) is 0. The van der Waals surface area contributed by atoms with Gasteiger partial charge in [-0.05, 0) is 97.6 Å². The Morgan fingerprint density at radius 3 is 2.02 bits per heavy atom. The number of piperazine rings is 1. The van der Waals surface area contributed by atoms with E-state index < -0.39 is 21.8 Å². The van der Waals surface area contributed by atoms with Crippen molar-refractivity contribution in [2.24, 2.45) is 17.8 Å². The molecule has 1 saturated heterocycles. The minimum atomic E-state index is -4.42. The summed E-state index contributed by atoms with van der Waals surface area (Å²) in [5.41, 5.74) is 1.73. The Labute approximate surface area is 234 Å². The van der Waals surface area contributed by atoms with Crippen molar-refractivity contribution in [3.05, 3.63) is 59.7 Å². The molecule has 0 N–H and O–H groups in total. The van der Waals surface area contributed by atoms with Gasteiger partial charge in [0.05, 0.1) is 17.5 Å². The summed E-state index contributed by atoms with van der Waals surface area (Å²) in [5, 5.41) is 0. The van der Waals surface area contributed by atoms with Crippen molar-refractivity contribution in [3.8, 4) is 0 Å². The van der Waals surface area contributed by atoms with Gasteiger partial charge in [-0.15, -0.1) is 0 Å². The fraction of sp³-hybridized carbons (Fsp3) is 0.567. The van der Waals surface area contributed by atoms with Gasteiger partial charge in [0.25, 0.3) is 0 Å². The third-order valence-corrected chi connectivity index (χ3v) is 10.8. The molecule has 0 aromatic heterocycles. The molecular formula is C30H36F3N3O3S. The molecule has 0 unspecified atom stereocenters. The van der Waals surface area contributed by atoms with Crippen molar-refractivity contribution >= 4 is 27.3 Å². The summed E-state index contributed by atoms with van der Waals surface area (Å²) >= 11 is 0. The van der Waals surface area contributed by atoms with Gasteiger partial charge in [-0.3, -0.25) is 9.10 Å². The maximum Gasteiger partial charge on any atom is 0.416 e. The molecule has 6 nitrogen and oxygen atoms in total. The first-order valence-electron chi connectivity index (χ1n) is 14.2. The molecule has 5 aliphatic rings. The lowest BCUT2D eigenvalue weighted by atomic mass is 9.48. The molecular weight excluding hydrogens is 539 g/mol. The van der Waals surface area contributed by atoms with Crippen LogP contribution in [0.2, 0.25) is 0 Å². The molecule has 1 aliphatic heterocycles. The Morgan fingerprint density at radius 1 is 0.925 bits per heavy atom. The first-order valence-corrected chi connectivity index (χ1v) is 16.0. The molecule has 4 bridgehead atoms. The molecule has 40 heavy (non-hydrogen) atoms. The van der Waals surface area contributed by atoms with Gasteiger partial charge in [0, 0.05) is 31.9 Å². The quantitative estimate of drug-likeness (QED) is 0.470. The second kappa shape index (κ2) is 9.96. The van der Waals surface area contributed by atoms with Crippen LogP contribution in [0, 0.1) is 17.8 Å². The minimum absolute atomic E-state index is 0.207. The van der Waals surface area contributed by atoms with Gasteiger partial charge in [-0.1, -0.05) is 18.2 Å². The standard InChI is InChI=1S/C30H36F3N3O3S/c1-40(38,39)36(26-7-5-24(6-8-26)29-17-21-13-22(18-29)15-23(14-21)19-29)20-28(37)35-11-9-34(10-12-35)27-4-2-3-25(16-27)30(31,32)33/h2-8,16,21-23H,9-15,17-20H2,1H3. The van der Waals surface area contributed by atoms with Crippen molar-refractivity contribution < 1.29 is 26.4 Å². The van der Waals surface area contributed by atoms with Crippen LogP contribution in [0.1, 0.15) is 49.7 Å². The first kappa shape index (κ1) is 27.4. The van der Waals surface area contributed by atoms with Crippen molar-refractivity contribution in [2.75, 3.05) is 48.2 Å². The van der Waals surface area contributed by atoms with E-state index in [9.17, 15) is 26.4 Å². The van der Waals surface area contributed by atoms with Gasteiger partial charge in [0.2, 0.25) is 15.9 Å². The van der Waals surface area contributed by atoms with Crippen LogP contribution in [-0.4, -0.2) is 58.2 Å². The van der Waals surface area contributed by atoms with E-state index in [2.05, 4.69) is 12.1 Å². The molecule has 4 saturated carbocycles. The summed E-state index contributed by atoms with van der Waals surface area (Å²) in [4.78, 5) is 16.6. The van der Waals surface area contributed by atoms with Crippen LogP contribution >= 0.6 is 0 Å². The third-order valence-electron chi connectivity index (χ3n) is 9.66. The van der Waals surface area contributed by atoms with E-state index in [0.717, 1.165) is 40.4 Å². The minimum Gasteiger partial charge on any atom is -0.368 e. The first-order chi connectivity index (χ1) is 18.9. The highest BCUT2D eigenvalue weighted by atomic mass is 32.2. The van der Waals surface area contributed by atoms with Crippen LogP contribution in [0.4, 0.5) is 24.5 Å². The van der Waals surface area contributed by atoms with Gasteiger partial charge in [-0.25, -0.2) is 8.42 Å². The summed E-state index contributed by atoms with van der Waals surface area (Å²) in [6, 6.07) is 13.0. The maximum atomic E-state index is 13.2. The van der Waals surface area contributed by atoms with Crippen molar-refractivity contribution in [1.82, 2.24) is 4.90 Å². The Morgan fingerprint density at radius 2 is 1.50 bits per heavy atom. The highest BCUT2D eigenvalue weighted by molar-refractivity contribution is 7.92. The number of nitrogens with zero attached hydrogens (tertiary/aromatic N) is 3. The SMILES string of the molecule is CS(=O)(=O)N(CC(=O)N1CCN(c2cccc(C(F)(F)F)c2)CC1)c1ccc(C23CC4CC(CC(C4)C2)C3)cc1. The number of carbonyl (C=O) groups is 1. The molecule has 0 spiro atoms. The molecule has 2 aromatic rings. The fourth-order valence-electron chi connectivity index (χ4n) is 8.16. The van der Waals surface area contributed by atoms with Crippen LogP contribution in [-0.2, 0) is 26.4 Å². The molecule has 0 radical (unpaired) electrons. The van der Waals surface area contributed by atoms with Gasteiger partial charge in [0.1, 0.15) is 6.54 Å². The molecule has 0 atom stereocenters. The van der Waals surface area contributed by atoms with Crippen molar-refractivity contribution in [2.45, 2.75) is 50.1 Å². The number of sulfonamides is 1. The van der Waals surface area contributed by atoms with E-state index in [1.54, 1.807) is 11.0 Å². The largest absolute Gasteiger partial charge is 0.416 e. The summed E-state index contributed by atoms with van der Waals surface area (Å²) in [6.07, 6.45) is 4.42. The summed E-state index contributed by atoms with van der Waals surface area (Å²) < 4.78 is 66.1. The summed E-state index contributed by atoms with van der Waals surface area (Å²) in [5.74, 6) is 2.11. The van der Waals surface area contributed by atoms with Crippen molar-refractivity contribution in [1.29, 1.82) is 0 Å². The predicted molar refractivity (Wildman–Crippen MR) is 149 cm³/mol. The Hall–Kier alpha value is -2.75. The van der Waals surface area contributed by atoms with E-state index in [1.165, 1.54) is 50.2 Å². The molecule has 1 amide bonds. The van der Waals surface area contributed by atoms with Crippen LogP contribution in [0.3, 0.4) is 0 Å². The second-order valence-electron chi connectivity index (χ2n) is 12.4. The number of anilines is 2. The summed E-state index contributed by atoms with van der Waals surface area (Å²) in [6.45, 7) is 1.03. The number of benzene rings is 2. The molecule has 5 fully saturated rings. The van der Waals surface area contributed by atoms with Gasteiger partial charge in [0.15, 0.2) is 0 Å². The van der Waals surface area contributed by atoms with Crippen LogP contribution in [0.5, 0.6) is 0 Å². The summed E-state index contributed by atoms with van der Waals surface area (Å²) in [7, 11) is -3.71. The number of rotatable bonds is 6. The lowest BCUT2D eigenvalue weighted by molar-refractivity contribution is -0.137. The van der Waals surface area contributed by atoms with E-state index in [0.29, 0.717) is 37.6 Å². The zero-order valence-corrected chi connectivity index (χ0v) is 23.6. The predicted octanol–water partition coefficient (Wildman–Crippen LogP) is 5.29. The zero-order valence-electron chi connectivity index (χ0n) is 22.7. The van der Waals surface area contributed by atoms with Crippen molar-refractivity contribution in [3.63, 3.8) is 0 Å². The van der Waals surface area contributed by atoms with Crippen LogP contribution < -0.4 is 9.21 Å². The molecule has 2 aromatic carbocycles. The third kappa shape index (κ3) is 5.31. The van der Waals surface area contributed by atoms with Crippen LogP contribution in [0.25, 0.3) is 0 Å². The number of alkyl halides is 3. The number of amides is 1. The van der Waals surface area contributed by atoms with E-state index >= 15 is 0 Å². The Balaban J connectivity index is 1.12. The topological polar surface area (TPSA) is 60.9 Å². The fourth-order valence-corrected chi connectivity index (χ4v) is 9.01. The lowest BCUT2D eigenvalue weighted by Gasteiger charge is -2.57. The average Bonchev–Trinajstić information content (AvgIpc) is 2.90.